The lowest BCUT2D eigenvalue weighted by molar-refractivity contribution is -0.142. The number of urea groups is 1. The molecule has 2 heterocycles. The summed E-state index contributed by atoms with van der Waals surface area (Å²) in [4.78, 5) is 27.6. The van der Waals surface area contributed by atoms with Crippen molar-refractivity contribution >= 4 is 12.0 Å². The van der Waals surface area contributed by atoms with Crippen molar-refractivity contribution in [2.75, 3.05) is 19.7 Å². The van der Waals surface area contributed by atoms with Gasteiger partial charge in [0.15, 0.2) is 0 Å². The molecule has 2 saturated heterocycles. The molecule has 2 aliphatic rings. The lowest BCUT2D eigenvalue weighted by Gasteiger charge is -2.34. The molecule has 2 fully saturated rings. The Bertz CT molecular complexity index is 375. The van der Waals surface area contributed by atoms with Gasteiger partial charge in [-0.15, -0.1) is 0 Å². The maximum atomic E-state index is 12.8. The summed E-state index contributed by atoms with van der Waals surface area (Å²) in [5, 5.41) is 18.3. The van der Waals surface area contributed by atoms with Crippen LogP contribution in [0, 0.1) is 0 Å². The second-order valence-corrected chi connectivity index (χ2v) is 6.03. The van der Waals surface area contributed by atoms with E-state index in [1.54, 1.807) is 4.90 Å². The van der Waals surface area contributed by atoms with Crippen LogP contribution in [0.5, 0.6) is 0 Å². The molecule has 6 heteroatoms. The molecular weight excluding hydrogens is 272 g/mol. The number of aliphatic carboxylic acids is 1. The van der Waals surface area contributed by atoms with E-state index < -0.39 is 12.0 Å². The Labute approximate surface area is 125 Å². The minimum absolute atomic E-state index is 0.121. The van der Waals surface area contributed by atoms with Gasteiger partial charge in [0.05, 0.1) is 0 Å². The SMILES string of the molecule is O=C(O)C1CCCCCN1C(=O)N1CCCC1CCCO. The molecule has 2 atom stereocenters. The largest absolute Gasteiger partial charge is 0.480 e. The van der Waals surface area contributed by atoms with E-state index in [1.165, 1.54) is 0 Å². The van der Waals surface area contributed by atoms with Gasteiger partial charge in [0.1, 0.15) is 6.04 Å². The number of aliphatic hydroxyl groups is 1. The number of carbonyl (C=O) groups excluding carboxylic acids is 1. The Hall–Kier alpha value is -1.30. The number of rotatable bonds is 4. The quantitative estimate of drug-likeness (QED) is 0.827. The van der Waals surface area contributed by atoms with Crippen LogP contribution in [0.15, 0.2) is 0 Å². The van der Waals surface area contributed by atoms with Gasteiger partial charge in [0, 0.05) is 25.7 Å². The first-order chi connectivity index (χ1) is 10.1. The molecular formula is C15H26N2O4. The van der Waals surface area contributed by atoms with Crippen LogP contribution in [0.4, 0.5) is 4.79 Å². The standard InChI is InChI=1S/C15H26N2O4/c18-11-5-7-12-6-4-10-16(12)15(21)17-9-3-1-2-8-13(17)14(19)20/h12-13,18H,1-11H2,(H,19,20). The predicted octanol–water partition coefficient (Wildman–Crippen LogP) is 1.67. The maximum absolute atomic E-state index is 12.8. The fraction of sp³-hybridized carbons (Fsp3) is 0.867. The van der Waals surface area contributed by atoms with Crippen LogP contribution in [0.1, 0.15) is 51.4 Å². The van der Waals surface area contributed by atoms with Crippen molar-refractivity contribution in [1.82, 2.24) is 9.80 Å². The second kappa shape index (κ2) is 7.64. The maximum Gasteiger partial charge on any atom is 0.326 e. The van der Waals surface area contributed by atoms with Crippen molar-refractivity contribution in [3.63, 3.8) is 0 Å². The molecule has 120 valence electrons. The number of hydrogen-bond acceptors (Lipinski definition) is 3. The summed E-state index contributed by atoms with van der Waals surface area (Å²) in [7, 11) is 0. The number of carboxylic acid groups (broad SMARTS) is 1. The third kappa shape index (κ3) is 3.87. The van der Waals surface area contributed by atoms with Gasteiger partial charge in [0.25, 0.3) is 0 Å². The van der Waals surface area contributed by atoms with Crippen molar-refractivity contribution in [3.05, 3.63) is 0 Å². The van der Waals surface area contributed by atoms with E-state index in [4.69, 9.17) is 5.11 Å². The van der Waals surface area contributed by atoms with Crippen LogP contribution in [-0.4, -0.2) is 63.8 Å². The summed E-state index contributed by atoms with van der Waals surface area (Å²) in [6.07, 6.45) is 6.70. The van der Waals surface area contributed by atoms with E-state index in [-0.39, 0.29) is 18.7 Å². The first kappa shape index (κ1) is 16.1. The zero-order valence-corrected chi connectivity index (χ0v) is 12.5. The molecule has 2 N–H and O–H groups in total. The van der Waals surface area contributed by atoms with Crippen molar-refractivity contribution in [1.29, 1.82) is 0 Å². The van der Waals surface area contributed by atoms with Crippen LogP contribution in [0.25, 0.3) is 0 Å². The fourth-order valence-corrected chi connectivity index (χ4v) is 3.47. The first-order valence-corrected chi connectivity index (χ1v) is 8.06. The highest BCUT2D eigenvalue weighted by Gasteiger charge is 2.37. The monoisotopic (exact) mass is 298 g/mol. The van der Waals surface area contributed by atoms with Crippen molar-refractivity contribution in [3.8, 4) is 0 Å². The highest BCUT2D eigenvalue weighted by atomic mass is 16.4. The molecule has 0 bridgehead atoms. The fourth-order valence-electron chi connectivity index (χ4n) is 3.47. The Morgan fingerprint density at radius 2 is 1.76 bits per heavy atom. The number of likely N-dealkylation sites (tertiary alicyclic amines) is 2. The topological polar surface area (TPSA) is 81.1 Å². The van der Waals surface area contributed by atoms with Gasteiger partial charge >= 0.3 is 12.0 Å². The van der Waals surface area contributed by atoms with Gasteiger partial charge in [-0.1, -0.05) is 12.8 Å². The number of amides is 2. The molecule has 0 radical (unpaired) electrons. The summed E-state index contributed by atoms with van der Waals surface area (Å²) in [6, 6.07) is -0.647. The third-order valence-electron chi connectivity index (χ3n) is 4.60. The van der Waals surface area contributed by atoms with Crippen molar-refractivity contribution < 1.29 is 19.8 Å². The van der Waals surface area contributed by atoms with Gasteiger partial charge < -0.3 is 20.0 Å². The van der Waals surface area contributed by atoms with E-state index >= 15 is 0 Å². The van der Waals surface area contributed by atoms with Crippen LogP contribution >= 0.6 is 0 Å². The number of hydrogen-bond donors (Lipinski definition) is 2. The second-order valence-electron chi connectivity index (χ2n) is 6.03. The van der Waals surface area contributed by atoms with E-state index in [1.807, 2.05) is 4.90 Å². The number of carboxylic acids is 1. The van der Waals surface area contributed by atoms with Gasteiger partial charge in [-0.2, -0.15) is 0 Å². The molecule has 0 spiro atoms. The van der Waals surface area contributed by atoms with E-state index in [0.29, 0.717) is 25.9 Å². The van der Waals surface area contributed by atoms with Gasteiger partial charge in [0.2, 0.25) is 0 Å². The Balaban J connectivity index is 2.06. The minimum Gasteiger partial charge on any atom is -0.480 e. The molecule has 0 aromatic heterocycles. The summed E-state index contributed by atoms with van der Waals surface area (Å²) in [6.45, 7) is 1.39. The normalized spacial score (nSPS) is 26.7. The smallest absolute Gasteiger partial charge is 0.326 e. The Morgan fingerprint density at radius 3 is 2.48 bits per heavy atom. The molecule has 2 unspecified atom stereocenters. The third-order valence-corrected chi connectivity index (χ3v) is 4.60. The predicted molar refractivity (Wildman–Crippen MR) is 78.0 cm³/mol. The molecule has 0 aromatic rings. The van der Waals surface area contributed by atoms with Gasteiger partial charge in [-0.25, -0.2) is 9.59 Å². The molecule has 2 amide bonds. The Morgan fingerprint density at radius 1 is 1.00 bits per heavy atom. The highest BCUT2D eigenvalue weighted by Crippen LogP contribution is 2.26. The summed E-state index contributed by atoms with van der Waals surface area (Å²) in [5.41, 5.74) is 0. The van der Waals surface area contributed by atoms with Gasteiger partial charge in [-0.05, 0) is 38.5 Å². The number of carbonyl (C=O) groups is 2. The van der Waals surface area contributed by atoms with E-state index in [9.17, 15) is 14.7 Å². The zero-order valence-electron chi connectivity index (χ0n) is 12.5. The van der Waals surface area contributed by atoms with Crippen molar-refractivity contribution in [2.24, 2.45) is 0 Å². The average Bonchev–Trinajstić information content (AvgIpc) is 2.78. The summed E-state index contributed by atoms with van der Waals surface area (Å²) >= 11 is 0. The number of nitrogens with zero attached hydrogens (tertiary/aromatic N) is 2. The Kier molecular flexibility index (Phi) is 5.85. The highest BCUT2D eigenvalue weighted by molar-refractivity contribution is 5.83. The molecule has 0 aliphatic carbocycles. The molecule has 2 rings (SSSR count). The average molecular weight is 298 g/mol. The molecule has 6 nitrogen and oxygen atoms in total. The molecule has 0 aromatic carbocycles. The summed E-state index contributed by atoms with van der Waals surface area (Å²) < 4.78 is 0. The van der Waals surface area contributed by atoms with Crippen LogP contribution in [-0.2, 0) is 4.79 Å². The minimum atomic E-state index is -0.892. The zero-order chi connectivity index (χ0) is 15.2. The van der Waals surface area contributed by atoms with E-state index in [0.717, 1.165) is 38.5 Å². The lowest BCUT2D eigenvalue weighted by Crippen LogP contribution is -2.52. The van der Waals surface area contributed by atoms with Crippen LogP contribution in [0.2, 0.25) is 0 Å². The van der Waals surface area contributed by atoms with Crippen LogP contribution in [0.3, 0.4) is 0 Å². The lowest BCUT2D eigenvalue weighted by atomic mass is 10.1. The van der Waals surface area contributed by atoms with Gasteiger partial charge in [-0.3, -0.25) is 0 Å². The number of aliphatic hydroxyl groups excluding tert-OH is 1. The van der Waals surface area contributed by atoms with Crippen LogP contribution < -0.4 is 0 Å². The van der Waals surface area contributed by atoms with E-state index in [2.05, 4.69) is 0 Å². The van der Waals surface area contributed by atoms with Crippen molar-refractivity contribution in [2.45, 2.75) is 63.5 Å². The first-order valence-electron chi connectivity index (χ1n) is 8.06. The molecule has 2 aliphatic heterocycles. The molecule has 0 saturated carbocycles. The molecule has 21 heavy (non-hydrogen) atoms. The summed E-state index contributed by atoms with van der Waals surface area (Å²) in [5.74, 6) is -0.892.